The third-order valence-electron chi connectivity index (χ3n) is 4.13. The highest BCUT2D eigenvalue weighted by Crippen LogP contribution is 2.25. The fraction of sp³-hybridized carbons (Fsp3) is 0.412. The smallest absolute Gasteiger partial charge is 0.276 e. The molecule has 0 radical (unpaired) electrons. The summed E-state index contributed by atoms with van der Waals surface area (Å²) in [5.74, 6) is 0.662. The molecule has 8 heteroatoms. The zero-order valence-electron chi connectivity index (χ0n) is 14.2. The van der Waals surface area contributed by atoms with E-state index in [-0.39, 0.29) is 29.1 Å². The Morgan fingerprint density at radius 3 is 2.68 bits per heavy atom. The van der Waals surface area contributed by atoms with Crippen molar-refractivity contribution in [1.82, 2.24) is 9.78 Å². The normalized spacial score (nSPS) is 18.9. The van der Waals surface area contributed by atoms with E-state index in [1.807, 2.05) is 13.8 Å². The molecule has 1 aliphatic rings. The predicted octanol–water partition coefficient (Wildman–Crippen LogP) is 2.20. The summed E-state index contributed by atoms with van der Waals surface area (Å²) in [4.78, 5) is 12.4. The van der Waals surface area contributed by atoms with Gasteiger partial charge in [-0.05, 0) is 50.6 Å². The van der Waals surface area contributed by atoms with Crippen LogP contribution in [0.25, 0.3) is 0 Å². The Morgan fingerprint density at radius 1 is 1.36 bits per heavy atom. The lowest BCUT2D eigenvalue weighted by molar-refractivity contribution is 0.102. The Balaban J connectivity index is 1.71. The molecule has 1 saturated heterocycles. The quantitative estimate of drug-likeness (QED) is 0.879. The summed E-state index contributed by atoms with van der Waals surface area (Å²) < 4.78 is 30.3. The zero-order valence-corrected chi connectivity index (χ0v) is 15.0. The van der Waals surface area contributed by atoms with E-state index < -0.39 is 9.84 Å². The fourth-order valence-corrected chi connectivity index (χ4v) is 4.62. The molecule has 0 spiro atoms. The Morgan fingerprint density at radius 2 is 2.08 bits per heavy atom. The molecule has 2 heterocycles. The lowest BCUT2D eigenvalue weighted by atomic mass is 10.2. The maximum Gasteiger partial charge on any atom is 0.276 e. The number of amides is 1. The van der Waals surface area contributed by atoms with Crippen molar-refractivity contribution in [3.05, 3.63) is 41.7 Å². The maximum absolute atomic E-state index is 12.4. The largest absolute Gasteiger partial charge is 0.494 e. The first kappa shape index (κ1) is 17.5. The number of rotatable bonds is 5. The summed E-state index contributed by atoms with van der Waals surface area (Å²) in [5, 5.41) is 7.10. The van der Waals surface area contributed by atoms with Crippen molar-refractivity contribution in [1.29, 1.82) is 0 Å². The summed E-state index contributed by atoms with van der Waals surface area (Å²) >= 11 is 0. The van der Waals surface area contributed by atoms with Crippen LogP contribution in [-0.2, 0) is 9.84 Å². The minimum atomic E-state index is -3.00. The molecule has 7 nitrogen and oxygen atoms in total. The van der Waals surface area contributed by atoms with Gasteiger partial charge in [0.25, 0.3) is 5.91 Å². The standard InChI is InChI=1S/C17H21N3O4S/c1-3-24-15-6-4-13(5-7-15)18-17(21)16-10-12(2)20(19-16)14-8-9-25(22,23)11-14/h4-7,10,14H,3,8-9,11H2,1-2H3,(H,18,21). The van der Waals surface area contributed by atoms with Crippen molar-refractivity contribution < 1.29 is 17.9 Å². The number of nitrogens with one attached hydrogen (secondary N) is 1. The molecule has 134 valence electrons. The summed E-state index contributed by atoms with van der Waals surface area (Å²) in [6, 6.07) is 8.57. The first-order chi connectivity index (χ1) is 11.9. The lowest BCUT2D eigenvalue weighted by Gasteiger charge is -2.10. The van der Waals surface area contributed by atoms with Gasteiger partial charge in [0.15, 0.2) is 15.5 Å². The van der Waals surface area contributed by atoms with Gasteiger partial charge in [-0.1, -0.05) is 0 Å². The van der Waals surface area contributed by atoms with Gasteiger partial charge in [-0.2, -0.15) is 5.10 Å². The van der Waals surface area contributed by atoms with Crippen LogP contribution in [0.3, 0.4) is 0 Å². The Labute approximate surface area is 146 Å². The minimum absolute atomic E-state index is 0.0788. The van der Waals surface area contributed by atoms with Crippen LogP contribution in [0, 0.1) is 6.92 Å². The van der Waals surface area contributed by atoms with E-state index in [0.717, 1.165) is 11.4 Å². The zero-order chi connectivity index (χ0) is 18.0. The van der Waals surface area contributed by atoms with E-state index in [9.17, 15) is 13.2 Å². The lowest BCUT2D eigenvalue weighted by Crippen LogP contribution is -2.16. The molecule has 1 amide bonds. The molecule has 1 unspecified atom stereocenters. The van der Waals surface area contributed by atoms with E-state index in [0.29, 0.717) is 18.7 Å². The van der Waals surface area contributed by atoms with Crippen LogP contribution in [0.4, 0.5) is 5.69 Å². The number of sulfone groups is 1. The van der Waals surface area contributed by atoms with Crippen LogP contribution >= 0.6 is 0 Å². The number of nitrogens with zero attached hydrogens (tertiary/aromatic N) is 2. The highest BCUT2D eigenvalue weighted by atomic mass is 32.2. The van der Waals surface area contributed by atoms with Gasteiger partial charge in [-0.15, -0.1) is 0 Å². The second-order valence-corrected chi connectivity index (χ2v) is 8.31. The SMILES string of the molecule is CCOc1ccc(NC(=O)c2cc(C)n(C3CCS(=O)(=O)C3)n2)cc1. The molecule has 1 fully saturated rings. The van der Waals surface area contributed by atoms with Crippen LogP contribution < -0.4 is 10.1 Å². The number of carbonyl (C=O) groups is 1. The average Bonchev–Trinajstić information content (AvgIpc) is 3.12. The molecule has 25 heavy (non-hydrogen) atoms. The highest BCUT2D eigenvalue weighted by Gasteiger charge is 2.31. The molecule has 1 atom stereocenters. The summed E-state index contributed by atoms with van der Waals surface area (Å²) in [6.45, 7) is 4.31. The number of ether oxygens (including phenoxy) is 1. The molecular formula is C17H21N3O4S. The van der Waals surface area contributed by atoms with Gasteiger partial charge < -0.3 is 10.1 Å². The summed E-state index contributed by atoms with van der Waals surface area (Å²) in [7, 11) is -3.00. The van der Waals surface area contributed by atoms with Crippen molar-refractivity contribution in [3.63, 3.8) is 0 Å². The van der Waals surface area contributed by atoms with E-state index >= 15 is 0 Å². The monoisotopic (exact) mass is 363 g/mol. The first-order valence-corrected chi connectivity index (χ1v) is 10.0. The Hall–Kier alpha value is -2.35. The maximum atomic E-state index is 12.4. The molecule has 2 aromatic rings. The molecule has 1 aromatic carbocycles. The van der Waals surface area contributed by atoms with Crippen molar-refractivity contribution in [3.8, 4) is 5.75 Å². The summed E-state index contributed by atoms with van der Waals surface area (Å²) in [6.07, 6.45) is 0.533. The van der Waals surface area contributed by atoms with Crippen LogP contribution in [0.5, 0.6) is 5.75 Å². The third-order valence-corrected chi connectivity index (χ3v) is 5.88. The van der Waals surface area contributed by atoms with E-state index in [1.54, 1.807) is 35.0 Å². The molecule has 0 saturated carbocycles. The molecule has 0 aliphatic carbocycles. The Bertz CT molecular complexity index is 872. The second-order valence-electron chi connectivity index (χ2n) is 6.08. The molecule has 1 aromatic heterocycles. The first-order valence-electron chi connectivity index (χ1n) is 8.19. The van der Waals surface area contributed by atoms with Gasteiger partial charge in [-0.25, -0.2) is 8.42 Å². The Kier molecular flexibility index (Phi) is 4.80. The number of carbonyl (C=O) groups excluding carboxylic acids is 1. The summed E-state index contributed by atoms with van der Waals surface area (Å²) in [5.41, 5.74) is 1.69. The number of hydrogen-bond donors (Lipinski definition) is 1. The van der Waals surface area contributed by atoms with Gasteiger partial charge in [0.2, 0.25) is 0 Å². The van der Waals surface area contributed by atoms with Crippen molar-refractivity contribution in [2.45, 2.75) is 26.3 Å². The molecule has 0 bridgehead atoms. The van der Waals surface area contributed by atoms with Crippen LogP contribution in [0.1, 0.15) is 35.6 Å². The van der Waals surface area contributed by atoms with Crippen LogP contribution in [0.2, 0.25) is 0 Å². The van der Waals surface area contributed by atoms with Gasteiger partial charge in [0.05, 0.1) is 24.2 Å². The molecule has 3 rings (SSSR count). The van der Waals surface area contributed by atoms with E-state index in [4.69, 9.17) is 4.74 Å². The predicted molar refractivity (Wildman–Crippen MR) is 94.8 cm³/mol. The van der Waals surface area contributed by atoms with Gasteiger partial charge in [-0.3, -0.25) is 9.48 Å². The second kappa shape index (κ2) is 6.87. The number of aromatic nitrogens is 2. The topological polar surface area (TPSA) is 90.3 Å². The van der Waals surface area contributed by atoms with Gasteiger partial charge >= 0.3 is 0 Å². The third kappa shape index (κ3) is 4.01. The van der Waals surface area contributed by atoms with Crippen molar-refractivity contribution in [2.24, 2.45) is 0 Å². The average molecular weight is 363 g/mol. The van der Waals surface area contributed by atoms with E-state index in [1.165, 1.54) is 0 Å². The molecule has 1 aliphatic heterocycles. The van der Waals surface area contributed by atoms with Crippen LogP contribution in [0.15, 0.2) is 30.3 Å². The minimum Gasteiger partial charge on any atom is -0.494 e. The number of benzene rings is 1. The van der Waals surface area contributed by atoms with E-state index in [2.05, 4.69) is 10.4 Å². The number of anilines is 1. The van der Waals surface area contributed by atoms with Gasteiger partial charge in [0, 0.05) is 11.4 Å². The van der Waals surface area contributed by atoms with Crippen molar-refractivity contribution >= 4 is 21.4 Å². The van der Waals surface area contributed by atoms with Crippen molar-refractivity contribution in [2.75, 3.05) is 23.4 Å². The highest BCUT2D eigenvalue weighted by molar-refractivity contribution is 7.91. The number of aryl methyl sites for hydroxylation is 1. The molecule has 1 N–H and O–H groups in total. The number of hydrogen-bond acceptors (Lipinski definition) is 5. The van der Waals surface area contributed by atoms with Crippen LogP contribution in [-0.4, -0.2) is 42.2 Å². The molecular weight excluding hydrogens is 342 g/mol. The fourth-order valence-electron chi connectivity index (χ4n) is 2.93. The van der Waals surface area contributed by atoms with Gasteiger partial charge in [0.1, 0.15) is 5.75 Å².